The fourth-order valence-electron chi connectivity index (χ4n) is 1.33. The van der Waals surface area contributed by atoms with Crippen LogP contribution in [-0.4, -0.2) is 64.8 Å². The highest BCUT2D eigenvalue weighted by molar-refractivity contribution is 4.88. The summed E-state index contributed by atoms with van der Waals surface area (Å²) in [5.74, 6) is 0. The minimum Gasteiger partial charge on any atom is -0.394 e. The Morgan fingerprint density at radius 2 is 1.85 bits per heavy atom. The van der Waals surface area contributed by atoms with Crippen molar-refractivity contribution in [3.8, 4) is 0 Å². The van der Waals surface area contributed by atoms with Gasteiger partial charge in [0.1, 0.15) is 24.4 Å². The molecule has 1 aliphatic rings. The monoisotopic (exact) mass is 194 g/mol. The summed E-state index contributed by atoms with van der Waals surface area (Å²) < 4.78 is 9.50. The van der Waals surface area contributed by atoms with E-state index < -0.39 is 37.3 Å². The zero-order valence-electron chi connectivity index (χ0n) is 7.20. The topological polar surface area (TPSA) is 99.4 Å². The third-order valence-corrected chi connectivity index (χ3v) is 2.11. The number of hydrogen-bond acceptors (Lipinski definition) is 6. The number of hydrogen-bond donors (Lipinski definition) is 4. The van der Waals surface area contributed by atoms with Gasteiger partial charge in [-0.25, -0.2) is 0 Å². The van der Waals surface area contributed by atoms with Crippen LogP contribution < -0.4 is 0 Å². The molecule has 0 amide bonds. The molecule has 0 spiro atoms. The number of rotatable bonds is 2. The van der Waals surface area contributed by atoms with Crippen molar-refractivity contribution in [3.05, 3.63) is 0 Å². The van der Waals surface area contributed by atoms with E-state index in [0.29, 0.717) is 0 Å². The minimum atomic E-state index is -1.33. The van der Waals surface area contributed by atoms with Crippen molar-refractivity contribution in [3.63, 3.8) is 0 Å². The van der Waals surface area contributed by atoms with E-state index in [1.165, 1.54) is 7.11 Å². The van der Waals surface area contributed by atoms with Gasteiger partial charge in [0.25, 0.3) is 0 Å². The van der Waals surface area contributed by atoms with E-state index >= 15 is 0 Å². The standard InChI is InChI=1S/C7H14O6/c1-12-6-5(10)4(9)3(2-8)13-7(6)11/h3-11H,2H2,1H3. The molecule has 1 aliphatic heterocycles. The van der Waals surface area contributed by atoms with Crippen LogP contribution in [0.25, 0.3) is 0 Å². The van der Waals surface area contributed by atoms with E-state index in [4.69, 9.17) is 14.6 Å². The van der Waals surface area contributed by atoms with Crippen molar-refractivity contribution in [1.29, 1.82) is 0 Å². The van der Waals surface area contributed by atoms with Crippen LogP contribution in [0.5, 0.6) is 0 Å². The summed E-state index contributed by atoms with van der Waals surface area (Å²) in [4.78, 5) is 0. The van der Waals surface area contributed by atoms with Crippen molar-refractivity contribution in [2.75, 3.05) is 13.7 Å². The molecule has 5 unspecified atom stereocenters. The summed E-state index contributed by atoms with van der Waals surface area (Å²) in [6.45, 7) is -0.467. The molecule has 0 radical (unpaired) electrons. The molecule has 1 heterocycles. The van der Waals surface area contributed by atoms with E-state index in [1.54, 1.807) is 0 Å². The highest BCUT2D eigenvalue weighted by Gasteiger charge is 2.43. The Hall–Kier alpha value is -0.240. The van der Waals surface area contributed by atoms with E-state index in [2.05, 4.69) is 0 Å². The molecule has 0 aliphatic carbocycles. The van der Waals surface area contributed by atoms with Gasteiger partial charge in [-0.15, -0.1) is 0 Å². The molecule has 6 nitrogen and oxygen atoms in total. The largest absolute Gasteiger partial charge is 0.394 e. The Morgan fingerprint density at radius 3 is 2.31 bits per heavy atom. The first-order chi connectivity index (χ1) is 6.11. The Kier molecular flexibility index (Phi) is 3.60. The fourth-order valence-corrected chi connectivity index (χ4v) is 1.33. The number of methoxy groups -OCH3 is 1. The molecule has 78 valence electrons. The van der Waals surface area contributed by atoms with Crippen LogP contribution in [0.3, 0.4) is 0 Å². The lowest BCUT2D eigenvalue weighted by molar-refractivity contribution is -0.291. The van der Waals surface area contributed by atoms with E-state index in [1.807, 2.05) is 0 Å². The maximum atomic E-state index is 9.38. The molecule has 0 bridgehead atoms. The van der Waals surface area contributed by atoms with Gasteiger partial charge in [-0.05, 0) is 0 Å². The number of ether oxygens (including phenoxy) is 2. The molecule has 0 aromatic carbocycles. The summed E-state index contributed by atoms with van der Waals surface area (Å²) in [6.07, 6.45) is -5.81. The van der Waals surface area contributed by atoms with Crippen LogP contribution >= 0.6 is 0 Å². The maximum absolute atomic E-state index is 9.38. The average Bonchev–Trinajstić information content (AvgIpc) is 2.12. The number of aliphatic hydroxyl groups is 4. The molecule has 0 saturated carbocycles. The predicted molar refractivity (Wildman–Crippen MR) is 40.8 cm³/mol. The Morgan fingerprint density at radius 1 is 1.23 bits per heavy atom. The smallest absolute Gasteiger partial charge is 0.184 e. The van der Waals surface area contributed by atoms with Crippen molar-refractivity contribution >= 4 is 0 Å². The highest BCUT2D eigenvalue weighted by atomic mass is 16.7. The Bertz CT molecular complexity index is 163. The van der Waals surface area contributed by atoms with Crippen molar-refractivity contribution in [1.82, 2.24) is 0 Å². The Balaban J connectivity index is 2.66. The predicted octanol–water partition coefficient (Wildman–Crippen LogP) is -2.57. The molecular weight excluding hydrogens is 180 g/mol. The van der Waals surface area contributed by atoms with Gasteiger partial charge in [0, 0.05) is 7.11 Å². The third kappa shape index (κ3) is 1.98. The molecule has 0 aromatic heterocycles. The summed E-state index contributed by atoms with van der Waals surface area (Å²) in [5, 5.41) is 36.7. The molecule has 1 saturated heterocycles. The van der Waals surface area contributed by atoms with Gasteiger partial charge in [0.2, 0.25) is 0 Å². The van der Waals surface area contributed by atoms with Crippen LogP contribution in [0.1, 0.15) is 0 Å². The normalized spacial score (nSPS) is 46.4. The van der Waals surface area contributed by atoms with Crippen molar-refractivity contribution in [2.45, 2.75) is 30.7 Å². The molecule has 6 heteroatoms. The third-order valence-electron chi connectivity index (χ3n) is 2.11. The van der Waals surface area contributed by atoms with Gasteiger partial charge in [-0.2, -0.15) is 0 Å². The Labute approximate surface area is 75.3 Å². The second-order valence-electron chi connectivity index (χ2n) is 2.93. The van der Waals surface area contributed by atoms with Crippen molar-refractivity contribution < 1.29 is 29.9 Å². The SMILES string of the molecule is COC1C(O)OC(CO)C(O)C1O. The van der Waals surface area contributed by atoms with Crippen LogP contribution in [0.15, 0.2) is 0 Å². The lowest BCUT2D eigenvalue weighted by Crippen LogP contribution is -2.59. The van der Waals surface area contributed by atoms with Gasteiger partial charge in [0.05, 0.1) is 6.61 Å². The molecule has 0 aromatic rings. The van der Waals surface area contributed by atoms with Crippen LogP contribution in [0, 0.1) is 0 Å². The molecule has 5 atom stereocenters. The first-order valence-corrected chi connectivity index (χ1v) is 3.95. The second-order valence-corrected chi connectivity index (χ2v) is 2.93. The fraction of sp³-hybridized carbons (Fsp3) is 1.00. The maximum Gasteiger partial charge on any atom is 0.184 e. The minimum absolute atomic E-state index is 0.467. The lowest BCUT2D eigenvalue weighted by atomic mass is 9.99. The molecule has 1 fully saturated rings. The molecule has 4 N–H and O–H groups in total. The quantitative estimate of drug-likeness (QED) is 0.386. The summed E-state index contributed by atoms with van der Waals surface area (Å²) >= 11 is 0. The lowest BCUT2D eigenvalue weighted by Gasteiger charge is -2.39. The van der Waals surface area contributed by atoms with Gasteiger partial charge in [-0.3, -0.25) is 0 Å². The van der Waals surface area contributed by atoms with Crippen LogP contribution in [0.2, 0.25) is 0 Å². The van der Waals surface area contributed by atoms with Crippen LogP contribution in [-0.2, 0) is 9.47 Å². The molecule has 13 heavy (non-hydrogen) atoms. The average molecular weight is 194 g/mol. The highest BCUT2D eigenvalue weighted by Crippen LogP contribution is 2.21. The zero-order valence-corrected chi connectivity index (χ0v) is 7.20. The van der Waals surface area contributed by atoms with Crippen LogP contribution in [0.4, 0.5) is 0 Å². The van der Waals surface area contributed by atoms with Gasteiger partial charge in [0.15, 0.2) is 6.29 Å². The van der Waals surface area contributed by atoms with E-state index in [-0.39, 0.29) is 0 Å². The zero-order chi connectivity index (χ0) is 10.0. The van der Waals surface area contributed by atoms with Gasteiger partial charge >= 0.3 is 0 Å². The second kappa shape index (κ2) is 4.32. The number of aliphatic hydroxyl groups excluding tert-OH is 4. The summed E-state index contributed by atoms with van der Waals surface area (Å²) in [5.41, 5.74) is 0. The summed E-state index contributed by atoms with van der Waals surface area (Å²) in [7, 11) is 1.28. The first kappa shape index (κ1) is 10.8. The first-order valence-electron chi connectivity index (χ1n) is 3.95. The van der Waals surface area contributed by atoms with Crippen molar-refractivity contribution in [2.24, 2.45) is 0 Å². The van der Waals surface area contributed by atoms with E-state index in [0.717, 1.165) is 0 Å². The van der Waals surface area contributed by atoms with Gasteiger partial charge < -0.3 is 29.9 Å². The summed E-state index contributed by atoms with van der Waals surface area (Å²) in [6, 6.07) is 0. The molecule has 1 rings (SSSR count). The van der Waals surface area contributed by atoms with E-state index in [9.17, 15) is 15.3 Å². The van der Waals surface area contributed by atoms with Gasteiger partial charge in [-0.1, -0.05) is 0 Å². The molecular formula is C7H14O6.